The lowest BCUT2D eigenvalue weighted by Crippen LogP contribution is -2.57. The number of nitrogens with one attached hydrogen (secondary N) is 1. The summed E-state index contributed by atoms with van der Waals surface area (Å²) in [4.78, 5) is 30.7. The van der Waals surface area contributed by atoms with E-state index in [-0.39, 0.29) is 23.6 Å². The molecule has 1 atom stereocenters. The van der Waals surface area contributed by atoms with E-state index in [0.717, 1.165) is 10.8 Å². The van der Waals surface area contributed by atoms with Gasteiger partial charge in [0.1, 0.15) is 6.04 Å². The van der Waals surface area contributed by atoms with E-state index in [1.807, 2.05) is 17.7 Å². The lowest BCUT2D eigenvalue weighted by atomic mass is 10.1. The molecule has 0 saturated carbocycles. The fraction of sp³-hybridized carbons (Fsp3) is 0.421. The van der Waals surface area contributed by atoms with E-state index in [4.69, 9.17) is 0 Å². The number of hydrogen-bond acceptors (Lipinski definition) is 4. The maximum Gasteiger partial charge on any atom is 0.242 e. The van der Waals surface area contributed by atoms with Crippen molar-refractivity contribution in [3.05, 3.63) is 41.7 Å². The molecule has 0 spiro atoms. The Morgan fingerprint density at radius 1 is 1.31 bits per heavy atom. The molecular formula is C19H24N4O2S. The molecule has 1 aliphatic heterocycles. The number of imidazole rings is 1. The molecule has 6 nitrogen and oxygen atoms in total. The second-order valence-corrected chi connectivity index (χ2v) is 7.46. The van der Waals surface area contributed by atoms with Gasteiger partial charge in [-0.2, -0.15) is 0 Å². The lowest BCUT2D eigenvalue weighted by molar-refractivity contribution is -0.141. The molecule has 3 rings (SSSR count). The summed E-state index contributed by atoms with van der Waals surface area (Å²) in [6.45, 7) is 7.14. The molecule has 1 aliphatic rings. The van der Waals surface area contributed by atoms with E-state index in [1.54, 1.807) is 11.1 Å². The van der Waals surface area contributed by atoms with Crippen LogP contribution >= 0.6 is 11.8 Å². The number of carbonyl (C=O) groups excluding carboxylic acids is 2. The highest BCUT2D eigenvalue weighted by molar-refractivity contribution is 7.99. The Morgan fingerprint density at radius 3 is 2.73 bits per heavy atom. The first-order valence-corrected chi connectivity index (χ1v) is 9.80. The molecule has 1 aromatic heterocycles. The maximum atomic E-state index is 12.7. The van der Waals surface area contributed by atoms with E-state index >= 15 is 0 Å². The summed E-state index contributed by atoms with van der Waals surface area (Å²) in [5.74, 6) is 0.187. The average molecular weight is 372 g/mol. The van der Waals surface area contributed by atoms with Crippen LogP contribution in [0.2, 0.25) is 0 Å². The van der Waals surface area contributed by atoms with Crippen LogP contribution in [0.15, 0.2) is 35.7 Å². The number of rotatable bonds is 5. The Labute approximate surface area is 158 Å². The Bertz CT molecular complexity index is 797. The van der Waals surface area contributed by atoms with E-state index < -0.39 is 0 Å². The average Bonchev–Trinajstić information content (AvgIpc) is 3.07. The van der Waals surface area contributed by atoms with Gasteiger partial charge in [0.25, 0.3) is 0 Å². The van der Waals surface area contributed by atoms with Crippen LogP contribution in [0.1, 0.15) is 24.5 Å². The first-order valence-electron chi connectivity index (χ1n) is 8.81. The third-order valence-electron chi connectivity index (χ3n) is 4.45. The second kappa shape index (κ2) is 7.95. The minimum Gasteiger partial charge on any atom is -0.353 e. The number of carbonyl (C=O) groups is 2. The number of aryl methyl sites for hydroxylation is 2. The molecule has 0 bridgehead atoms. The minimum absolute atomic E-state index is 0.0216. The van der Waals surface area contributed by atoms with Crippen LogP contribution in [-0.4, -0.2) is 51.1 Å². The van der Waals surface area contributed by atoms with E-state index in [0.29, 0.717) is 19.5 Å². The molecule has 138 valence electrons. The monoisotopic (exact) mass is 372 g/mol. The quantitative estimate of drug-likeness (QED) is 0.818. The zero-order valence-electron chi connectivity index (χ0n) is 15.4. The molecule has 2 aromatic rings. The summed E-state index contributed by atoms with van der Waals surface area (Å²) < 4.78 is 2.00. The van der Waals surface area contributed by atoms with Crippen molar-refractivity contribution < 1.29 is 9.59 Å². The topological polar surface area (TPSA) is 67.2 Å². The van der Waals surface area contributed by atoms with Crippen LogP contribution in [0.25, 0.3) is 5.69 Å². The Morgan fingerprint density at radius 2 is 2.04 bits per heavy atom. The number of hydrogen-bond donors (Lipinski definition) is 1. The largest absolute Gasteiger partial charge is 0.353 e. The Hall–Kier alpha value is -2.28. The minimum atomic E-state index is -0.365. The van der Waals surface area contributed by atoms with Crippen molar-refractivity contribution in [1.82, 2.24) is 19.8 Å². The first kappa shape index (κ1) is 18.5. The molecule has 1 fully saturated rings. The van der Waals surface area contributed by atoms with Crippen molar-refractivity contribution in [2.24, 2.45) is 0 Å². The normalized spacial score (nSPS) is 17.3. The summed E-state index contributed by atoms with van der Waals surface area (Å²) in [5, 5.41) is 3.60. The molecule has 0 radical (unpaired) electrons. The summed E-state index contributed by atoms with van der Waals surface area (Å²) in [6, 6.07) is 5.96. The van der Waals surface area contributed by atoms with Gasteiger partial charge >= 0.3 is 0 Å². The molecule has 1 saturated heterocycles. The summed E-state index contributed by atoms with van der Waals surface area (Å²) in [6.07, 6.45) is 4.28. The lowest BCUT2D eigenvalue weighted by Gasteiger charge is -2.34. The zero-order chi connectivity index (χ0) is 18.7. The van der Waals surface area contributed by atoms with E-state index in [2.05, 4.69) is 42.3 Å². The van der Waals surface area contributed by atoms with Crippen molar-refractivity contribution in [1.29, 1.82) is 0 Å². The Kier molecular flexibility index (Phi) is 5.66. The summed E-state index contributed by atoms with van der Waals surface area (Å²) in [7, 11) is 0. The van der Waals surface area contributed by atoms with Crippen LogP contribution in [0.5, 0.6) is 0 Å². The second-order valence-electron chi connectivity index (χ2n) is 6.52. The number of nitrogens with zero attached hydrogens (tertiary/aromatic N) is 3. The molecule has 2 amide bonds. The smallest absolute Gasteiger partial charge is 0.242 e. The summed E-state index contributed by atoms with van der Waals surface area (Å²) >= 11 is 1.40. The van der Waals surface area contributed by atoms with Gasteiger partial charge in [0, 0.05) is 31.2 Å². The molecular weight excluding hydrogens is 348 g/mol. The highest BCUT2D eigenvalue weighted by Gasteiger charge is 2.31. The first-order chi connectivity index (χ1) is 12.5. The zero-order valence-corrected chi connectivity index (χ0v) is 16.2. The van der Waals surface area contributed by atoms with Gasteiger partial charge in [0.15, 0.2) is 5.16 Å². The molecule has 26 heavy (non-hydrogen) atoms. The number of thioether (sulfide) groups is 1. The predicted octanol–water partition coefficient (Wildman–Crippen LogP) is 2.32. The number of aromatic nitrogens is 2. The fourth-order valence-electron chi connectivity index (χ4n) is 3.31. The van der Waals surface area contributed by atoms with Crippen LogP contribution in [0, 0.1) is 13.8 Å². The van der Waals surface area contributed by atoms with E-state index in [9.17, 15) is 9.59 Å². The summed E-state index contributed by atoms with van der Waals surface area (Å²) in [5.41, 5.74) is 3.41. The number of piperazine rings is 1. The van der Waals surface area contributed by atoms with Gasteiger partial charge in [-0.05, 0) is 43.5 Å². The van der Waals surface area contributed by atoms with E-state index in [1.165, 1.54) is 22.9 Å². The van der Waals surface area contributed by atoms with Crippen molar-refractivity contribution in [2.75, 3.05) is 18.8 Å². The molecule has 2 heterocycles. The van der Waals surface area contributed by atoms with Crippen molar-refractivity contribution in [3.8, 4) is 5.69 Å². The third-order valence-corrected chi connectivity index (χ3v) is 5.41. The van der Waals surface area contributed by atoms with Gasteiger partial charge < -0.3 is 10.2 Å². The van der Waals surface area contributed by atoms with Gasteiger partial charge in [-0.1, -0.05) is 24.8 Å². The standard InChI is InChI=1S/C19H24N4O2S/c1-4-16-18(25)20-5-8-23(16)17(24)12-26-19-21-6-7-22(19)15-10-13(2)9-14(3)11-15/h6-7,9-11,16H,4-5,8,12H2,1-3H3,(H,20,25). The Balaban J connectivity index is 1.72. The molecule has 1 unspecified atom stereocenters. The molecule has 1 aromatic carbocycles. The van der Waals surface area contributed by atoms with Crippen molar-refractivity contribution in [3.63, 3.8) is 0 Å². The van der Waals surface area contributed by atoms with Gasteiger partial charge in [-0.3, -0.25) is 14.2 Å². The highest BCUT2D eigenvalue weighted by atomic mass is 32.2. The van der Waals surface area contributed by atoms with Gasteiger partial charge in [0.05, 0.1) is 5.75 Å². The predicted molar refractivity (Wildman–Crippen MR) is 103 cm³/mol. The van der Waals surface area contributed by atoms with Crippen LogP contribution < -0.4 is 5.32 Å². The van der Waals surface area contributed by atoms with Crippen molar-refractivity contribution >= 4 is 23.6 Å². The van der Waals surface area contributed by atoms with Gasteiger partial charge in [-0.15, -0.1) is 0 Å². The van der Waals surface area contributed by atoms with Crippen molar-refractivity contribution in [2.45, 2.75) is 38.4 Å². The third kappa shape index (κ3) is 3.93. The number of amides is 2. The molecule has 7 heteroatoms. The maximum absolute atomic E-state index is 12.7. The SMILES string of the molecule is CCC1C(=O)NCCN1C(=O)CSc1nccn1-c1cc(C)cc(C)c1. The van der Waals surface area contributed by atoms with Crippen LogP contribution in [-0.2, 0) is 9.59 Å². The fourth-order valence-corrected chi connectivity index (χ4v) is 4.17. The van der Waals surface area contributed by atoms with Gasteiger partial charge in [-0.25, -0.2) is 4.98 Å². The van der Waals surface area contributed by atoms with Crippen LogP contribution in [0.4, 0.5) is 0 Å². The molecule has 1 N–H and O–H groups in total. The highest BCUT2D eigenvalue weighted by Crippen LogP contribution is 2.23. The number of benzene rings is 1. The van der Waals surface area contributed by atoms with Crippen LogP contribution in [0.3, 0.4) is 0 Å². The van der Waals surface area contributed by atoms with Gasteiger partial charge in [0.2, 0.25) is 11.8 Å². The molecule has 0 aliphatic carbocycles.